The maximum absolute atomic E-state index is 11.8. The van der Waals surface area contributed by atoms with Crippen molar-refractivity contribution in [3.63, 3.8) is 0 Å². The summed E-state index contributed by atoms with van der Waals surface area (Å²) < 4.78 is 0. The Balaban J connectivity index is 1.55. The summed E-state index contributed by atoms with van der Waals surface area (Å²) in [6, 6.07) is 9.55. The Labute approximate surface area is 148 Å². The van der Waals surface area contributed by atoms with Gasteiger partial charge in [-0.3, -0.25) is 14.4 Å². The van der Waals surface area contributed by atoms with Crippen molar-refractivity contribution in [2.75, 3.05) is 13.1 Å². The van der Waals surface area contributed by atoms with Gasteiger partial charge in [0.1, 0.15) is 0 Å². The summed E-state index contributed by atoms with van der Waals surface area (Å²) in [6.07, 6.45) is 6.33. The van der Waals surface area contributed by atoms with Gasteiger partial charge in [0.2, 0.25) is 17.7 Å². The van der Waals surface area contributed by atoms with Crippen LogP contribution in [0.5, 0.6) is 0 Å². The van der Waals surface area contributed by atoms with Crippen LogP contribution in [0.25, 0.3) is 0 Å². The molecule has 0 spiro atoms. The van der Waals surface area contributed by atoms with E-state index in [2.05, 4.69) is 16.0 Å². The summed E-state index contributed by atoms with van der Waals surface area (Å²) in [5, 5.41) is 7.87. The van der Waals surface area contributed by atoms with Gasteiger partial charge in [-0.25, -0.2) is 0 Å². The predicted octanol–water partition coefficient (Wildman–Crippen LogP) is 1.51. The molecule has 1 aromatic rings. The van der Waals surface area contributed by atoms with Crippen molar-refractivity contribution in [2.45, 2.75) is 45.1 Å². The summed E-state index contributed by atoms with van der Waals surface area (Å²) in [7, 11) is 0. The van der Waals surface area contributed by atoms with Crippen LogP contribution in [-0.4, -0.2) is 30.8 Å². The molecule has 0 unspecified atom stereocenters. The van der Waals surface area contributed by atoms with Gasteiger partial charge in [-0.2, -0.15) is 0 Å². The minimum atomic E-state index is -0.355. The Hall–Kier alpha value is -2.37. The van der Waals surface area contributed by atoms with Crippen LogP contribution in [0.15, 0.2) is 30.3 Å². The molecule has 0 bridgehead atoms. The van der Waals surface area contributed by atoms with E-state index in [1.165, 1.54) is 19.3 Å². The highest BCUT2D eigenvalue weighted by atomic mass is 16.2. The SMILES string of the molecule is O=C(CNC(=O)CC1CCCCC1)NCC(=O)NCc1ccccc1. The molecule has 3 N–H and O–H groups in total. The van der Waals surface area contributed by atoms with Crippen LogP contribution in [0.2, 0.25) is 0 Å². The Morgan fingerprint density at radius 2 is 1.40 bits per heavy atom. The third kappa shape index (κ3) is 7.83. The van der Waals surface area contributed by atoms with Crippen molar-refractivity contribution in [1.82, 2.24) is 16.0 Å². The smallest absolute Gasteiger partial charge is 0.239 e. The van der Waals surface area contributed by atoms with Crippen LogP contribution in [0.1, 0.15) is 44.1 Å². The van der Waals surface area contributed by atoms with Crippen LogP contribution >= 0.6 is 0 Å². The zero-order valence-electron chi connectivity index (χ0n) is 14.6. The molecule has 1 fully saturated rings. The molecule has 0 aliphatic heterocycles. The van der Waals surface area contributed by atoms with E-state index < -0.39 is 0 Å². The highest BCUT2D eigenvalue weighted by Gasteiger charge is 2.17. The van der Waals surface area contributed by atoms with E-state index in [0.717, 1.165) is 18.4 Å². The summed E-state index contributed by atoms with van der Waals surface area (Å²) in [5.41, 5.74) is 0.997. The number of hydrogen-bond acceptors (Lipinski definition) is 3. The Bertz CT molecular complexity index is 569. The third-order valence-electron chi connectivity index (χ3n) is 4.42. The fourth-order valence-corrected chi connectivity index (χ4v) is 3.00. The first-order chi connectivity index (χ1) is 12.1. The van der Waals surface area contributed by atoms with Crippen molar-refractivity contribution in [3.8, 4) is 0 Å². The highest BCUT2D eigenvalue weighted by molar-refractivity contribution is 5.88. The Kier molecular flexibility index (Phi) is 7.95. The number of carbonyl (C=O) groups excluding carboxylic acids is 3. The number of benzene rings is 1. The molecule has 6 nitrogen and oxygen atoms in total. The minimum absolute atomic E-state index is 0.0858. The zero-order valence-corrected chi connectivity index (χ0v) is 14.6. The van der Waals surface area contributed by atoms with Crippen molar-refractivity contribution >= 4 is 17.7 Å². The van der Waals surface area contributed by atoms with Gasteiger partial charge in [0.05, 0.1) is 13.1 Å². The number of carbonyl (C=O) groups is 3. The van der Waals surface area contributed by atoms with E-state index in [-0.39, 0.29) is 30.8 Å². The largest absolute Gasteiger partial charge is 0.350 e. The maximum Gasteiger partial charge on any atom is 0.239 e. The molecule has 1 aliphatic rings. The van der Waals surface area contributed by atoms with E-state index in [4.69, 9.17) is 0 Å². The first-order valence-corrected chi connectivity index (χ1v) is 8.97. The van der Waals surface area contributed by atoms with Crippen molar-refractivity contribution in [2.24, 2.45) is 5.92 Å². The first kappa shape index (κ1) is 19.0. The molecule has 1 aliphatic carbocycles. The summed E-state index contributed by atoms with van der Waals surface area (Å²) in [6.45, 7) is 0.245. The fraction of sp³-hybridized carbons (Fsp3) is 0.526. The summed E-state index contributed by atoms with van der Waals surface area (Å²) >= 11 is 0. The maximum atomic E-state index is 11.8. The lowest BCUT2D eigenvalue weighted by atomic mass is 9.87. The predicted molar refractivity (Wildman–Crippen MR) is 95.5 cm³/mol. The molecule has 6 heteroatoms. The van der Waals surface area contributed by atoms with Gasteiger partial charge in [0, 0.05) is 13.0 Å². The van der Waals surface area contributed by atoms with Crippen molar-refractivity contribution in [3.05, 3.63) is 35.9 Å². The lowest BCUT2D eigenvalue weighted by Crippen LogP contribution is -2.42. The van der Waals surface area contributed by atoms with Gasteiger partial charge in [0.25, 0.3) is 0 Å². The third-order valence-corrected chi connectivity index (χ3v) is 4.42. The molecule has 25 heavy (non-hydrogen) atoms. The standard InChI is InChI=1S/C19H27N3O3/c23-17(11-15-7-3-1-4-8-15)21-13-19(25)22-14-18(24)20-12-16-9-5-2-6-10-16/h2,5-6,9-10,15H,1,3-4,7-8,11-14H2,(H,20,24)(H,21,23)(H,22,25). The van der Waals surface area contributed by atoms with Gasteiger partial charge in [0.15, 0.2) is 0 Å². The Morgan fingerprint density at radius 3 is 2.08 bits per heavy atom. The second kappa shape index (κ2) is 10.5. The van der Waals surface area contributed by atoms with Gasteiger partial charge >= 0.3 is 0 Å². The van der Waals surface area contributed by atoms with Crippen LogP contribution in [0, 0.1) is 5.92 Å². The molecule has 0 saturated heterocycles. The fourth-order valence-electron chi connectivity index (χ4n) is 3.00. The van der Waals surface area contributed by atoms with Gasteiger partial charge < -0.3 is 16.0 Å². The first-order valence-electron chi connectivity index (χ1n) is 8.97. The van der Waals surface area contributed by atoms with Gasteiger partial charge in [-0.15, -0.1) is 0 Å². The van der Waals surface area contributed by atoms with Gasteiger partial charge in [-0.1, -0.05) is 49.6 Å². The lowest BCUT2D eigenvalue weighted by molar-refractivity contribution is -0.128. The molecular formula is C19H27N3O3. The minimum Gasteiger partial charge on any atom is -0.350 e. The topological polar surface area (TPSA) is 87.3 Å². The van der Waals surface area contributed by atoms with Crippen molar-refractivity contribution in [1.29, 1.82) is 0 Å². The summed E-state index contributed by atoms with van der Waals surface area (Å²) in [5.74, 6) is -0.256. The molecule has 0 radical (unpaired) electrons. The highest BCUT2D eigenvalue weighted by Crippen LogP contribution is 2.25. The number of rotatable bonds is 8. The van der Waals surface area contributed by atoms with E-state index >= 15 is 0 Å². The molecule has 0 heterocycles. The average Bonchev–Trinajstić information content (AvgIpc) is 2.64. The van der Waals surface area contributed by atoms with Crippen LogP contribution < -0.4 is 16.0 Å². The lowest BCUT2D eigenvalue weighted by Gasteiger charge is -2.20. The molecule has 1 aromatic carbocycles. The molecule has 2 rings (SSSR count). The van der Waals surface area contributed by atoms with E-state index in [0.29, 0.717) is 18.9 Å². The monoisotopic (exact) mass is 345 g/mol. The zero-order chi connectivity index (χ0) is 17.9. The average molecular weight is 345 g/mol. The van der Waals surface area contributed by atoms with Crippen LogP contribution in [-0.2, 0) is 20.9 Å². The van der Waals surface area contributed by atoms with Crippen LogP contribution in [0.4, 0.5) is 0 Å². The van der Waals surface area contributed by atoms with E-state index in [9.17, 15) is 14.4 Å². The van der Waals surface area contributed by atoms with Crippen LogP contribution in [0.3, 0.4) is 0 Å². The van der Waals surface area contributed by atoms with Gasteiger partial charge in [-0.05, 0) is 24.3 Å². The quantitative estimate of drug-likeness (QED) is 0.667. The number of hydrogen-bond donors (Lipinski definition) is 3. The molecule has 1 saturated carbocycles. The van der Waals surface area contributed by atoms with E-state index in [1.807, 2.05) is 30.3 Å². The second-order valence-corrected chi connectivity index (χ2v) is 6.52. The number of amides is 3. The normalized spacial score (nSPS) is 14.6. The second-order valence-electron chi connectivity index (χ2n) is 6.52. The van der Waals surface area contributed by atoms with Crippen molar-refractivity contribution < 1.29 is 14.4 Å². The van der Waals surface area contributed by atoms with E-state index in [1.54, 1.807) is 0 Å². The molecule has 0 atom stereocenters. The summed E-state index contributed by atoms with van der Waals surface area (Å²) in [4.78, 5) is 35.3. The molecule has 136 valence electrons. The molecule has 0 aromatic heterocycles. The molecule has 3 amide bonds. The number of nitrogens with one attached hydrogen (secondary N) is 3. The Morgan fingerprint density at radius 1 is 0.800 bits per heavy atom. The molecular weight excluding hydrogens is 318 g/mol.